The number of amides is 1. The van der Waals surface area contributed by atoms with Crippen LogP contribution in [-0.2, 0) is 17.5 Å². The number of anilines is 2. The van der Waals surface area contributed by atoms with Crippen LogP contribution >= 0.6 is 0 Å². The molecule has 1 aliphatic heterocycles. The lowest BCUT2D eigenvalue weighted by atomic mass is 10.0. The van der Waals surface area contributed by atoms with Gasteiger partial charge >= 0.3 is 6.18 Å². The Balaban J connectivity index is 1.51. The number of rotatable bonds is 8. The molecule has 2 heterocycles. The van der Waals surface area contributed by atoms with Crippen LogP contribution < -0.4 is 5.32 Å². The van der Waals surface area contributed by atoms with Crippen LogP contribution in [0.25, 0.3) is 6.08 Å². The minimum atomic E-state index is -4.39. The fourth-order valence-electron chi connectivity index (χ4n) is 4.60. The second kappa shape index (κ2) is 12.2. The van der Waals surface area contributed by atoms with Gasteiger partial charge in [-0.15, -0.1) is 0 Å². The summed E-state index contributed by atoms with van der Waals surface area (Å²) in [5, 5.41) is 3.25. The predicted molar refractivity (Wildman–Crippen MR) is 143 cm³/mol. The lowest BCUT2D eigenvalue weighted by Gasteiger charge is -2.39. The Labute approximate surface area is 221 Å². The lowest BCUT2D eigenvalue weighted by molar-refractivity contribution is -0.137. The average Bonchev–Trinajstić information content (AvgIpc) is 2.91. The molecule has 2 aromatic carbocycles. The zero-order chi connectivity index (χ0) is 27.1. The van der Waals surface area contributed by atoms with Gasteiger partial charge in [0.1, 0.15) is 12.1 Å². The summed E-state index contributed by atoms with van der Waals surface area (Å²) < 4.78 is 38.7. The highest BCUT2D eigenvalue weighted by molar-refractivity contribution is 5.92. The van der Waals surface area contributed by atoms with Gasteiger partial charge in [0.25, 0.3) is 0 Å². The minimum absolute atomic E-state index is 0.0632. The maximum Gasteiger partial charge on any atom is 0.416 e. The molecule has 0 unspecified atom stereocenters. The van der Waals surface area contributed by atoms with E-state index in [2.05, 4.69) is 34.0 Å². The number of likely N-dealkylation sites (tertiary alicyclic amines) is 1. The number of piperidine rings is 1. The lowest BCUT2D eigenvalue weighted by Crippen LogP contribution is -2.48. The van der Waals surface area contributed by atoms with Gasteiger partial charge in [-0.3, -0.25) is 4.79 Å². The molecule has 1 saturated heterocycles. The van der Waals surface area contributed by atoms with E-state index in [9.17, 15) is 18.0 Å². The molecule has 1 fully saturated rings. The second-order valence-electron chi connectivity index (χ2n) is 9.70. The van der Waals surface area contributed by atoms with Crippen molar-refractivity contribution >= 4 is 23.5 Å². The first-order valence-corrected chi connectivity index (χ1v) is 12.7. The number of nitrogens with zero attached hydrogens (tertiary/aromatic N) is 4. The van der Waals surface area contributed by atoms with E-state index in [1.807, 2.05) is 29.2 Å². The van der Waals surface area contributed by atoms with Crippen molar-refractivity contribution in [3.8, 4) is 0 Å². The Morgan fingerprint density at radius 2 is 1.87 bits per heavy atom. The predicted octanol–water partition coefficient (Wildman–Crippen LogP) is 6.15. The summed E-state index contributed by atoms with van der Waals surface area (Å²) in [7, 11) is 0. The molecule has 3 aromatic rings. The van der Waals surface area contributed by atoms with Gasteiger partial charge in [-0.1, -0.05) is 24.3 Å². The summed E-state index contributed by atoms with van der Waals surface area (Å²) in [5.41, 5.74) is 1.64. The summed E-state index contributed by atoms with van der Waals surface area (Å²) in [5.74, 6) is 0.507. The summed E-state index contributed by atoms with van der Waals surface area (Å²) in [6.07, 6.45) is 3.49. The van der Waals surface area contributed by atoms with Crippen molar-refractivity contribution in [1.82, 2.24) is 19.8 Å². The molecule has 1 aromatic heterocycles. The van der Waals surface area contributed by atoms with Gasteiger partial charge in [0.05, 0.1) is 5.56 Å². The Morgan fingerprint density at radius 1 is 1.13 bits per heavy atom. The first kappa shape index (κ1) is 27.3. The van der Waals surface area contributed by atoms with Crippen LogP contribution in [0.3, 0.4) is 0 Å². The van der Waals surface area contributed by atoms with Crippen molar-refractivity contribution in [2.75, 3.05) is 18.4 Å². The van der Waals surface area contributed by atoms with Gasteiger partial charge in [-0.05, 0) is 74.2 Å². The number of aromatic nitrogens is 2. The van der Waals surface area contributed by atoms with Gasteiger partial charge in [-0.25, -0.2) is 9.97 Å². The maximum absolute atomic E-state index is 13.5. The highest BCUT2D eigenvalue weighted by atomic mass is 19.4. The summed E-state index contributed by atoms with van der Waals surface area (Å²) in [6, 6.07) is 14.9. The average molecular weight is 524 g/mol. The van der Waals surface area contributed by atoms with E-state index in [0.717, 1.165) is 49.3 Å². The van der Waals surface area contributed by atoms with Gasteiger partial charge in [0.2, 0.25) is 5.91 Å². The summed E-state index contributed by atoms with van der Waals surface area (Å²) in [6.45, 7) is 6.58. The number of hydrogen-bond donors (Lipinski definition) is 1. The molecule has 0 radical (unpaired) electrons. The Kier molecular flexibility index (Phi) is 8.78. The molecule has 0 aliphatic carbocycles. The molecule has 4 rings (SSSR count). The first-order valence-electron chi connectivity index (χ1n) is 12.7. The molecule has 0 saturated carbocycles. The van der Waals surface area contributed by atoms with Crippen molar-refractivity contribution in [1.29, 1.82) is 0 Å². The van der Waals surface area contributed by atoms with E-state index < -0.39 is 11.7 Å². The second-order valence-corrected chi connectivity index (χ2v) is 9.70. The van der Waals surface area contributed by atoms with Gasteiger partial charge in [0.15, 0.2) is 0 Å². The Bertz CT molecular complexity index is 1220. The van der Waals surface area contributed by atoms with E-state index in [4.69, 9.17) is 0 Å². The van der Waals surface area contributed by atoms with Crippen LogP contribution in [0.5, 0.6) is 0 Å². The molecule has 0 atom stereocenters. The number of benzene rings is 2. The third kappa shape index (κ3) is 7.41. The maximum atomic E-state index is 13.5. The smallest absolute Gasteiger partial charge is 0.340 e. The quantitative estimate of drug-likeness (QED) is 0.359. The minimum Gasteiger partial charge on any atom is -0.340 e. The molecule has 1 amide bonds. The van der Waals surface area contributed by atoms with E-state index in [-0.39, 0.29) is 11.9 Å². The Hall–Kier alpha value is -3.72. The van der Waals surface area contributed by atoms with Crippen LogP contribution in [-0.4, -0.2) is 50.8 Å². The highest BCUT2D eigenvalue weighted by Crippen LogP contribution is 2.29. The van der Waals surface area contributed by atoms with Gasteiger partial charge in [-0.2, -0.15) is 13.2 Å². The monoisotopic (exact) mass is 523 g/mol. The number of alkyl halides is 3. The number of nitrogens with one attached hydrogen (secondary N) is 1. The molecule has 6 nitrogen and oxygen atoms in total. The van der Waals surface area contributed by atoms with Crippen molar-refractivity contribution in [2.24, 2.45) is 0 Å². The van der Waals surface area contributed by atoms with E-state index in [0.29, 0.717) is 24.0 Å². The molecule has 38 heavy (non-hydrogen) atoms. The molecular weight excluding hydrogens is 491 g/mol. The van der Waals surface area contributed by atoms with Crippen LogP contribution in [0, 0.1) is 0 Å². The van der Waals surface area contributed by atoms with Gasteiger partial charge < -0.3 is 15.1 Å². The molecule has 0 spiro atoms. The number of halogens is 3. The largest absolute Gasteiger partial charge is 0.416 e. The number of carbonyl (C=O) groups excluding carboxylic acids is 1. The molecule has 200 valence electrons. The van der Waals surface area contributed by atoms with Crippen LogP contribution in [0.2, 0.25) is 0 Å². The molecule has 1 aliphatic rings. The number of hydrogen-bond acceptors (Lipinski definition) is 5. The third-order valence-electron chi connectivity index (χ3n) is 6.74. The van der Waals surface area contributed by atoms with Crippen molar-refractivity contribution in [3.63, 3.8) is 0 Å². The zero-order valence-corrected chi connectivity index (χ0v) is 21.5. The zero-order valence-electron chi connectivity index (χ0n) is 21.5. The molecular formula is C29H32F3N5O. The Morgan fingerprint density at radius 3 is 2.50 bits per heavy atom. The topological polar surface area (TPSA) is 61.4 Å². The normalized spacial score (nSPS) is 15.2. The molecule has 9 heteroatoms. The van der Waals surface area contributed by atoms with E-state index in [1.165, 1.54) is 24.5 Å². The van der Waals surface area contributed by atoms with Crippen molar-refractivity contribution in [3.05, 3.63) is 89.9 Å². The van der Waals surface area contributed by atoms with Crippen LogP contribution in [0.1, 0.15) is 43.4 Å². The van der Waals surface area contributed by atoms with Crippen LogP contribution in [0.4, 0.5) is 24.7 Å². The highest BCUT2D eigenvalue weighted by Gasteiger charge is 2.30. The first-order chi connectivity index (χ1) is 18.2. The number of carbonyl (C=O) groups is 1. The molecule has 1 N–H and O–H groups in total. The standard InChI is InChI=1S/C29H32F3N5O/c1-21(2)36-16-13-26(14-17-36)37(28(38)11-8-22-6-9-24(10-7-22)29(30,31)32)19-23-4-3-5-25(18-23)35-27-12-15-33-20-34-27/h3-12,15,18,20-21,26H,13-14,16-17,19H2,1-2H3,(H,33,34,35)/b11-8+. The SMILES string of the molecule is CC(C)N1CCC(N(Cc2cccc(Nc3ccncn3)c2)C(=O)/C=C/c2ccc(C(F)(F)F)cc2)CC1. The van der Waals surface area contributed by atoms with Crippen molar-refractivity contribution < 1.29 is 18.0 Å². The fourth-order valence-corrected chi connectivity index (χ4v) is 4.60. The molecule has 0 bridgehead atoms. The van der Waals surface area contributed by atoms with E-state index >= 15 is 0 Å². The summed E-state index contributed by atoms with van der Waals surface area (Å²) in [4.78, 5) is 25.9. The van der Waals surface area contributed by atoms with Crippen LogP contribution in [0.15, 0.2) is 73.2 Å². The van der Waals surface area contributed by atoms with Crippen molar-refractivity contribution in [2.45, 2.75) is 51.5 Å². The summed E-state index contributed by atoms with van der Waals surface area (Å²) >= 11 is 0. The fraction of sp³-hybridized carbons (Fsp3) is 0.345. The van der Waals surface area contributed by atoms with Gasteiger partial charge in [0, 0.05) is 49.7 Å². The third-order valence-corrected chi connectivity index (χ3v) is 6.74. The van der Waals surface area contributed by atoms with E-state index in [1.54, 1.807) is 18.3 Å².